The van der Waals surface area contributed by atoms with E-state index in [1.807, 2.05) is 54.6 Å². The number of aromatic nitrogens is 2. The van der Waals surface area contributed by atoms with Crippen molar-refractivity contribution in [3.63, 3.8) is 0 Å². The van der Waals surface area contributed by atoms with Crippen molar-refractivity contribution >= 4 is 33.4 Å². The lowest BCUT2D eigenvalue weighted by Gasteiger charge is -2.05. The summed E-state index contributed by atoms with van der Waals surface area (Å²) in [4.78, 5) is 19.6. The zero-order valence-electron chi connectivity index (χ0n) is 11.7. The largest absolute Gasteiger partial charge is 0.335 e. The maximum Gasteiger partial charge on any atom is 0.272 e. The van der Waals surface area contributed by atoms with Gasteiger partial charge >= 0.3 is 0 Å². The molecule has 4 heteroatoms. The van der Waals surface area contributed by atoms with Crippen LogP contribution in [0.5, 0.6) is 0 Å². The van der Waals surface area contributed by atoms with Gasteiger partial charge in [-0.1, -0.05) is 30.3 Å². The first-order valence-electron chi connectivity index (χ1n) is 7.03. The van der Waals surface area contributed by atoms with Gasteiger partial charge in [0.25, 0.3) is 5.91 Å². The molecule has 0 aliphatic rings. The summed E-state index contributed by atoms with van der Waals surface area (Å²) < 4.78 is 0. The van der Waals surface area contributed by atoms with E-state index in [0.717, 1.165) is 21.8 Å². The third-order valence-electron chi connectivity index (χ3n) is 3.64. The van der Waals surface area contributed by atoms with E-state index >= 15 is 0 Å². The molecule has 4 nitrogen and oxygen atoms in total. The number of rotatable bonds is 2. The lowest BCUT2D eigenvalue weighted by Crippen LogP contribution is -2.12. The predicted molar refractivity (Wildman–Crippen MR) is 88.0 cm³/mol. The van der Waals surface area contributed by atoms with Crippen LogP contribution in [0.15, 0.2) is 66.9 Å². The molecule has 0 atom stereocenters. The van der Waals surface area contributed by atoms with E-state index in [2.05, 4.69) is 15.3 Å². The van der Waals surface area contributed by atoms with E-state index in [4.69, 9.17) is 0 Å². The first-order valence-corrected chi connectivity index (χ1v) is 7.03. The quantitative estimate of drug-likeness (QED) is 0.586. The van der Waals surface area contributed by atoms with Gasteiger partial charge in [0.1, 0.15) is 11.3 Å². The molecule has 0 aliphatic heterocycles. The fourth-order valence-corrected chi connectivity index (χ4v) is 2.55. The molecule has 2 heterocycles. The van der Waals surface area contributed by atoms with E-state index < -0.39 is 0 Å². The monoisotopic (exact) mass is 287 g/mol. The third-order valence-corrected chi connectivity index (χ3v) is 3.64. The van der Waals surface area contributed by atoms with E-state index in [-0.39, 0.29) is 5.91 Å². The molecule has 4 aromatic rings. The number of nitrogens with one attached hydrogen (secondary N) is 2. The van der Waals surface area contributed by atoms with Gasteiger partial charge in [0.15, 0.2) is 0 Å². The van der Waals surface area contributed by atoms with Crippen LogP contribution in [0.3, 0.4) is 0 Å². The molecular weight excluding hydrogens is 274 g/mol. The van der Waals surface area contributed by atoms with Crippen LogP contribution in [-0.2, 0) is 0 Å². The number of hydrogen-bond acceptors (Lipinski definition) is 2. The van der Waals surface area contributed by atoms with Crippen molar-refractivity contribution < 1.29 is 4.79 Å². The molecule has 0 unspecified atom stereocenters. The van der Waals surface area contributed by atoms with Crippen molar-refractivity contribution in [3.8, 4) is 0 Å². The van der Waals surface area contributed by atoms with Crippen LogP contribution in [0.4, 0.5) is 5.69 Å². The number of anilines is 1. The lowest BCUT2D eigenvalue weighted by molar-refractivity contribution is 0.102. The van der Waals surface area contributed by atoms with Crippen LogP contribution in [-0.4, -0.2) is 15.9 Å². The third kappa shape index (κ3) is 2.20. The first kappa shape index (κ1) is 12.6. The molecular formula is C18H13N3O. The van der Waals surface area contributed by atoms with Crippen LogP contribution in [0.1, 0.15) is 10.5 Å². The Morgan fingerprint density at radius 3 is 2.59 bits per heavy atom. The van der Waals surface area contributed by atoms with Gasteiger partial charge in [0.2, 0.25) is 0 Å². The summed E-state index contributed by atoms with van der Waals surface area (Å²) in [5.41, 5.74) is 1.99. The van der Waals surface area contributed by atoms with Gasteiger partial charge < -0.3 is 10.3 Å². The average molecular weight is 287 g/mol. The molecule has 0 bridgehead atoms. The lowest BCUT2D eigenvalue weighted by atomic mass is 10.1. The number of pyridine rings is 1. The number of aromatic amines is 1. The van der Waals surface area contributed by atoms with Crippen molar-refractivity contribution in [1.82, 2.24) is 9.97 Å². The van der Waals surface area contributed by atoms with Crippen LogP contribution in [0, 0.1) is 0 Å². The molecule has 2 N–H and O–H groups in total. The Bertz CT molecular complexity index is 955. The Labute approximate surface area is 126 Å². The maximum absolute atomic E-state index is 12.3. The molecule has 0 saturated carbocycles. The Hall–Kier alpha value is -3.14. The molecule has 4 rings (SSSR count). The Morgan fingerprint density at radius 2 is 1.73 bits per heavy atom. The summed E-state index contributed by atoms with van der Waals surface area (Å²) in [6.07, 6.45) is 1.70. The number of carbonyl (C=O) groups is 1. The van der Waals surface area contributed by atoms with Crippen LogP contribution >= 0.6 is 0 Å². The van der Waals surface area contributed by atoms with Crippen molar-refractivity contribution in [2.24, 2.45) is 0 Å². The molecule has 2 aromatic carbocycles. The Morgan fingerprint density at radius 1 is 0.909 bits per heavy atom. The number of amides is 1. The summed E-state index contributed by atoms with van der Waals surface area (Å²) in [7, 11) is 0. The van der Waals surface area contributed by atoms with E-state index in [0.29, 0.717) is 11.3 Å². The fourth-order valence-electron chi connectivity index (χ4n) is 2.55. The maximum atomic E-state index is 12.3. The highest BCUT2D eigenvalue weighted by Crippen LogP contribution is 2.20. The molecule has 0 fully saturated rings. The van der Waals surface area contributed by atoms with Gasteiger partial charge in [-0.2, -0.15) is 0 Å². The second-order valence-electron chi connectivity index (χ2n) is 5.14. The minimum Gasteiger partial charge on any atom is -0.335 e. The minimum absolute atomic E-state index is 0.173. The molecule has 1 amide bonds. The molecule has 106 valence electrons. The smallest absolute Gasteiger partial charge is 0.272 e. The van der Waals surface area contributed by atoms with Gasteiger partial charge in [-0.05, 0) is 41.1 Å². The van der Waals surface area contributed by atoms with Gasteiger partial charge in [0, 0.05) is 17.3 Å². The van der Waals surface area contributed by atoms with Crippen molar-refractivity contribution in [1.29, 1.82) is 0 Å². The van der Waals surface area contributed by atoms with Gasteiger partial charge in [-0.25, -0.2) is 4.98 Å². The average Bonchev–Trinajstić information content (AvgIpc) is 2.99. The van der Waals surface area contributed by atoms with E-state index in [1.165, 1.54) is 0 Å². The Kier molecular flexibility index (Phi) is 2.86. The second-order valence-corrected chi connectivity index (χ2v) is 5.14. The number of hydrogen-bond donors (Lipinski definition) is 2. The zero-order chi connectivity index (χ0) is 14.9. The molecule has 22 heavy (non-hydrogen) atoms. The van der Waals surface area contributed by atoms with E-state index in [1.54, 1.807) is 12.3 Å². The number of benzene rings is 2. The SMILES string of the molecule is O=C(Nc1ccc2ccccc2c1)c1cc2cccnc2[nH]1. The Balaban J connectivity index is 1.64. The summed E-state index contributed by atoms with van der Waals surface area (Å²) in [6.45, 7) is 0. The minimum atomic E-state index is -0.173. The van der Waals surface area contributed by atoms with Crippen molar-refractivity contribution in [2.45, 2.75) is 0 Å². The summed E-state index contributed by atoms with van der Waals surface area (Å²) in [5, 5.41) is 6.08. The van der Waals surface area contributed by atoms with Crippen molar-refractivity contribution in [2.75, 3.05) is 5.32 Å². The molecule has 2 aromatic heterocycles. The summed E-state index contributed by atoms with van der Waals surface area (Å²) in [6, 6.07) is 19.5. The molecule has 0 aliphatic carbocycles. The molecule has 0 saturated heterocycles. The van der Waals surface area contributed by atoms with E-state index in [9.17, 15) is 4.79 Å². The summed E-state index contributed by atoms with van der Waals surface area (Å²) >= 11 is 0. The summed E-state index contributed by atoms with van der Waals surface area (Å²) in [5.74, 6) is -0.173. The van der Waals surface area contributed by atoms with Gasteiger partial charge in [0.05, 0.1) is 0 Å². The van der Waals surface area contributed by atoms with Gasteiger partial charge in [-0.15, -0.1) is 0 Å². The van der Waals surface area contributed by atoms with Gasteiger partial charge in [-0.3, -0.25) is 4.79 Å². The molecule has 0 radical (unpaired) electrons. The zero-order valence-corrected chi connectivity index (χ0v) is 11.7. The van der Waals surface area contributed by atoms with Crippen LogP contribution in [0.2, 0.25) is 0 Å². The topological polar surface area (TPSA) is 57.8 Å². The highest BCUT2D eigenvalue weighted by Gasteiger charge is 2.10. The van der Waals surface area contributed by atoms with Crippen LogP contribution in [0.25, 0.3) is 21.8 Å². The second kappa shape index (κ2) is 5.00. The number of fused-ring (bicyclic) bond motifs is 2. The fraction of sp³-hybridized carbons (Fsp3) is 0. The van der Waals surface area contributed by atoms with Crippen molar-refractivity contribution in [3.05, 3.63) is 72.6 Å². The number of nitrogens with zero attached hydrogens (tertiary/aromatic N) is 1. The highest BCUT2D eigenvalue weighted by atomic mass is 16.1. The standard InChI is InChI=1S/C18H13N3O/c22-18(16-11-14-6-3-9-19-17(14)21-16)20-15-8-7-12-4-1-2-5-13(12)10-15/h1-11H,(H,19,21)(H,20,22). The molecule has 0 spiro atoms. The first-order chi connectivity index (χ1) is 10.8. The normalized spacial score (nSPS) is 10.9. The van der Waals surface area contributed by atoms with Crippen LogP contribution < -0.4 is 5.32 Å². The number of H-pyrrole nitrogens is 1. The highest BCUT2D eigenvalue weighted by molar-refractivity contribution is 6.06. The predicted octanol–water partition coefficient (Wildman–Crippen LogP) is 3.97. The number of carbonyl (C=O) groups excluding carboxylic acids is 1.